The second-order valence-corrected chi connectivity index (χ2v) is 6.09. The molecule has 0 aromatic rings. The lowest BCUT2D eigenvalue weighted by Gasteiger charge is -2.08. The number of unbranched alkanes of at least 4 members (excludes halogenated alkanes) is 4. The van der Waals surface area contributed by atoms with Crippen LogP contribution in [0.25, 0.3) is 0 Å². The van der Waals surface area contributed by atoms with Gasteiger partial charge in [0.2, 0.25) is 0 Å². The predicted octanol–water partition coefficient (Wildman–Crippen LogP) is 3.47. The fourth-order valence-corrected chi connectivity index (χ4v) is 2.08. The first-order valence-electron chi connectivity index (χ1n) is 10.4. The van der Waals surface area contributed by atoms with E-state index in [0.29, 0.717) is 66.1 Å². The zero-order valence-corrected chi connectivity index (χ0v) is 17.2. The fraction of sp³-hybridized carbons (Fsp3) is 1.00. The first kappa shape index (κ1) is 25.8. The van der Waals surface area contributed by atoms with E-state index < -0.39 is 0 Å². The Morgan fingerprint density at radius 1 is 0.308 bits per heavy atom. The van der Waals surface area contributed by atoms with Crippen LogP contribution < -0.4 is 0 Å². The molecule has 0 aliphatic heterocycles. The summed E-state index contributed by atoms with van der Waals surface area (Å²) in [6.45, 7) is 12.1. The van der Waals surface area contributed by atoms with Gasteiger partial charge in [-0.05, 0) is 12.8 Å². The topological polar surface area (TPSA) is 55.4 Å². The van der Waals surface area contributed by atoms with Crippen LogP contribution in [0.1, 0.15) is 52.4 Å². The number of ether oxygens (including phenoxy) is 6. The van der Waals surface area contributed by atoms with Crippen molar-refractivity contribution in [2.24, 2.45) is 0 Å². The van der Waals surface area contributed by atoms with E-state index in [9.17, 15) is 0 Å². The summed E-state index contributed by atoms with van der Waals surface area (Å²) in [5.74, 6) is 0. The van der Waals surface area contributed by atoms with Crippen molar-refractivity contribution >= 4 is 0 Å². The molecule has 0 bridgehead atoms. The van der Waals surface area contributed by atoms with Gasteiger partial charge in [0.05, 0.1) is 66.1 Å². The maximum Gasteiger partial charge on any atom is 0.0701 e. The van der Waals surface area contributed by atoms with Crippen LogP contribution in [0.4, 0.5) is 0 Å². The Morgan fingerprint density at radius 3 is 0.962 bits per heavy atom. The smallest absolute Gasteiger partial charge is 0.0701 e. The molecule has 0 N–H and O–H groups in total. The average molecular weight is 379 g/mol. The van der Waals surface area contributed by atoms with E-state index in [1.807, 2.05) is 0 Å². The molecule has 0 spiro atoms. The summed E-state index contributed by atoms with van der Waals surface area (Å²) >= 11 is 0. The maximum atomic E-state index is 5.50. The highest BCUT2D eigenvalue weighted by Crippen LogP contribution is 1.98. The Bertz CT molecular complexity index is 216. The Hall–Kier alpha value is -0.240. The molecule has 0 aromatic heterocycles. The molecule has 0 atom stereocenters. The minimum Gasteiger partial charge on any atom is -0.379 e. The standard InChI is InChI=1S/C20H42O6/c1-3-5-7-8-10-22-12-14-24-16-18-26-20-19-25-17-15-23-13-11-21-9-6-4-2/h3-20H2,1-2H3. The van der Waals surface area contributed by atoms with Crippen LogP contribution in [0.2, 0.25) is 0 Å². The van der Waals surface area contributed by atoms with Gasteiger partial charge in [-0.1, -0.05) is 39.5 Å². The zero-order valence-electron chi connectivity index (χ0n) is 17.2. The number of rotatable bonds is 23. The predicted molar refractivity (Wildman–Crippen MR) is 104 cm³/mol. The molecule has 0 rings (SSSR count). The molecule has 0 saturated heterocycles. The van der Waals surface area contributed by atoms with Crippen molar-refractivity contribution in [2.45, 2.75) is 52.4 Å². The Morgan fingerprint density at radius 2 is 0.615 bits per heavy atom. The summed E-state index contributed by atoms with van der Waals surface area (Å²) in [5.41, 5.74) is 0. The molecule has 6 nitrogen and oxygen atoms in total. The highest BCUT2D eigenvalue weighted by Gasteiger charge is 1.94. The van der Waals surface area contributed by atoms with Crippen molar-refractivity contribution in [3.05, 3.63) is 0 Å². The first-order valence-corrected chi connectivity index (χ1v) is 10.4. The number of hydrogen-bond acceptors (Lipinski definition) is 6. The maximum absolute atomic E-state index is 5.50. The van der Waals surface area contributed by atoms with Crippen molar-refractivity contribution in [1.29, 1.82) is 0 Å². The summed E-state index contributed by atoms with van der Waals surface area (Å²) in [6.07, 6.45) is 7.23. The Kier molecular flexibility index (Phi) is 24.5. The van der Waals surface area contributed by atoms with Gasteiger partial charge < -0.3 is 28.4 Å². The quantitative estimate of drug-likeness (QED) is 0.254. The van der Waals surface area contributed by atoms with E-state index in [0.717, 1.165) is 32.5 Å². The van der Waals surface area contributed by atoms with E-state index in [4.69, 9.17) is 28.4 Å². The van der Waals surface area contributed by atoms with Crippen molar-refractivity contribution in [3.63, 3.8) is 0 Å². The van der Waals surface area contributed by atoms with Gasteiger partial charge in [0, 0.05) is 13.2 Å². The SMILES string of the molecule is CCCCCCOCCOCCOCCOCCOCCOCCCC. The summed E-state index contributed by atoms with van der Waals surface area (Å²) in [7, 11) is 0. The van der Waals surface area contributed by atoms with Gasteiger partial charge in [-0.2, -0.15) is 0 Å². The second-order valence-electron chi connectivity index (χ2n) is 6.09. The molecule has 0 unspecified atom stereocenters. The van der Waals surface area contributed by atoms with Crippen molar-refractivity contribution < 1.29 is 28.4 Å². The molecule has 0 aliphatic rings. The molecule has 0 aromatic carbocycles. The molecule has 0 amide bonds. The summed E-state index contributed by atoms with van der Waals surface area (Å²) in [5, 5.41) is 0. The van der Waals surface area contributed by atoms with Gasteiger partial charge in [0.25, 0.3) is 0 Å². The molecule has 0 radical (unpaired) electrons. The van der Waals surface area contributed by atoms with E-state index in [-0.39, 0.29) is 0 Å². The third kappa shape index (κ3) is 23.8. The highest BCUT2D eigenvalue weighted by atomic mass is 16.6. The lowest BCUT2D eigenvalue weighted by Crippen LogP contribution is -2.14. The van der Waals surface area contributed by atoms with E-state index >= 15 is 0 Å². The molecule has 158 valence electrons. The highest BCUT2D eigenvalue weighted by molar-refractivity contribution is 4.40. The summed E-state index contributed by atoms with van der Waals surface area (Å²) < 4.78 is 32.6. The number of hydrogen-bond donors (Lipinski definition) is 0. The second kappa shape index (κ2) is 24.8. The van der Waals surface area contributed by atoms with Crippen LogP contribution >= 0.6 is 0 Å². The van der Waals surface area contributed by atoms with E-state index in [1.54, 1.807) is 0 Å². The van der Waals surface area contributed by atoms with Crippen LogP contribution in [-0.4, -0.2) is 79.3 Å². The molecule has 0 aliphatic carbocycles. The van der Waals surface area contributed by atoms with Gasteiger partial charge in [-0.25, -0.2) is 0 Å². The van der Waals surface area contributed by atoms with Gasteiger partial charge in [0.15, 0.2) is 0 Å². The molecule has 0 saturated carbocycles. The van der Waals surface area contributed by atoms with E-state index in [2.05, 4.69) is 13.8 Å². The van der Waals surface area contributed by atoms with Gasteiger partial charge in [0.1, 0.15) is 0 Å². The van der Waals surface area contributed by atoms with Gasteiger partial charge >= 0.3 is 0 Å². The molecule has 26 heavy (non-hydrogen) atoms. The Labute approximate surface area is 160 Å². The largest absolute Gasteiger partial charge is 0.379 e. The van der Waals surface area contributed by atoms with Crippen LogP contribution in [0, 0.1) is 0 Å². The van der Waals surface area contributed by atoms with Crippen LogP contribution in [0.15, 0.2) is 0 Å². The lowest BCUT2D eigenvalue weighted by molar-refractivity contribution is -0.0169. The van der Waals surface area contributed by atoms with Crippen molar-refractivity contribution in [3.8, 4) is 0 Å². The van der Waals surface area contributed by atoms with Crippen molar-refractivity contribution in [2.75, 3.05) is 79.3 Å². The van der Waals surface area contributed by atoms with Crippen LogP contribution in [0.5, 0.6) is 0 Å². The molecular formula is C20H42O6. The lowest BCUT2D eigenvalue weighted by atomic mass is 10.2. The molecule has 0 fully saturated rings. The third-order valence-corrected chi connectivity index (χ3v) is 3.64. The Balaban J connectivity index is 2.95. The monoisotopic (exact) mass is 378 g/mol. The van der Waals surface area contributed by atoms with Gasteiger partial charge in [-0.15, -0.1) is 0 Å². The normalized spacial score (nSPS) is 11.3. The van der Waals surface area contributed by atoms with Crippen molar-refractivity contribution in [1.82, 2.24) is 0 Å². The minimum absolute atomic E-state index is 0.581. The fourth-order valence-electron chi connectivity index (χ4n) is 2.08. The van der Waals surface area contributed by atoms with Crippen LogP contribution in [-0.2, 0) is 28.4 Å². The average Bonchev–Trinajstić information content (AvgIpc) is 2.66. The van der Waals surface area contributed by atoms with E-state index in [1.165, 1.54) is 19.3 Å². The summed E-state index contributed by atoms with van der Waals surface area (Å²) in [6, 6.07) is 0. The molecule has 6 heteroatoms. The third-order valence-electron chi connectivity index (χ3n) is 3.64. The van der Waals surface area contributed by atoms with Gasteiger partial charge in [-0.3, -0.25) is 0 Å². The summed E-state index contributed by atoms with van der Waals surface area (Å²) in [4.78, 5) is 0. The molecular weight excluding hydrogens is 336 g/mol. The zero-order chi connectivity index (χ0) is 19.0. The first-order chi connectivity index (χ1) is 12.9. The molecule has 0 heterocycles. The minimum atomic E-state index is 0.581. The van der Waals surface area contributed by atoms with Crippen LogP contribution in [0.3, 0.4) is 0 Å².